The molecule has 2 bridgehead atoms. The third kappa shape index (κ3) is 3.22. The van der Waals surface area contributed by atoms with Gasteiger partial charge in [0.2, 0.25) is 0 Å². The molecule has 0 saturated heterocycles. The lowest BCUT2D eigenvalue weighted by Crippen LogP contribution is -2.60. The maximum Gasteiger partial charge on any atom is 0.0236 e. The van der Waals surface area contributed by atoms with Gasteiger partial charge in [-0.15, -0.1) is 0 Å². The van der Waals surface area contributed by atoms with E-state index in [1.54, 1.807) is 0 Å². The summed E-state index contributed by atoms with van der Waals surface area (Å²) in [4.78, 5) is 2.80. The van der Waals surface area contributed by atoms with E-state index < -0.39 is 0 Å². The van der Waals surface area contributed by atoms with Crippen molar-refractivity contribution in [1.82, 2.24) is 4.90 Å². The van der Waals surface area contributed by atoms with Gasteiger partial charge in [-0.2, -0.15) is 0 Å². The molecule has 0 radical (unpaired) electrons. The van der Waals surface area contributed by atoms with E-state index >= 15 is 0 Å². The van der Waals surface area contributed by atoms with Gasteiger partial charge in [-0.25, -0.2) is 0 Å². The maximum absolute atomic E-state index is 2.80. The molecule has 0 aromatic heterocycles. The molecule has 4 atom stereocenters. The minimum atomic E-state index is 0.587. The zero-order valence-electron chi connectivity index (χ0n) is 16.0. The Bertz CT molecular complexity index is 527. The molecule has 0 unspecified atom stereocenters. The van der Waals surface area contributed by atoms with Crippen LogP contribution < -0.4 is 0 Å². The molecular weight excluding hydrogens is 278 g/mol. The SMILES string of the molecule is Cc1ccc(CN(CC(C)C)[C@@H]2C[C@@H]3C[C@H]([C@H]2C)C3(C)C)cc1. The van der Waals surface area contributed by atoms with Crippen LogP contribution in [0.4, 0.5) is 0 Å². The lowest BCUT2D eigenvalue weighted by molar-refractivity contribution is -0.141. The van der Waals surface area contributed by atoms with Crippen molar-refractivity contribution in [1.29, 1.82) is 0 Å². The van der Waals surface area contributed by atoms with Gasteiger partial charge in [-0.1, -0.05) is 64.4 Å². The van der Waals surface area contributed by atoms with Gasteiger partial charge in [-0.05, 0) is 54.4 Å². The molecule has 3 saturated carbocycles. The van der Waals surface area contributed by atoms with E-state index in [1.165, 1.54) is 30.5 Å². The summed E-state index contributed by atoms with van der Waals surface area (Å²) >= 11 is 0. The first-order chi connectivity index (χ1) is 10.8. The summed E-state index contributed by atoms with van der Waals surface area (Å²) in [7, 11) is 0. The molecule has 0 amide bonds. The zero-order valence-corrected chi connectivity index (χ0v) is 16.0. The summed E-state index contributed by atoms with van der Waals surface area (Å²) in [5.74, 6) is 3.44. The van der Waals surface area contributed by atoms with Gasteiger partial charge < -0.3 is 0 Å². The Morgan fingerprint density at radius 1 is 1.13 bits per heavy atom. The Hall–Kier alpha value is -0.820. The van der Waals surface area contributed by atoms with Crippen LogP contribution in [0, 0.1) is 36.0 Å². The molecule has 0 N–H and O–H groups in total. The highest BCUT2D eigenvalue weighted by Crippen LogP contribution is 2.62. The first-order valence-electron chi connectivity index (χ1n) is 9.58. The quantitative estimate of drug-likeness (QED) is 0.691. The summed E-state index contributed by atoms with van der Waals surface area (Å²) in [5, 5.41) is 0. The molecule has 1 nitrogen and oxygen atoms in total. The standard InChI is InChI=1S/C22H35N/c1-15(2)13-23(14-18-9-7-16(3)8-10-18)21-12-19-11-20(17(21)4)22(19,5)6/h7-10,15,17,19-21H,11-14H2,1-6H3/t17-,19+,20-,21-/m1/s1. The van der Waals surface area contributed by atoms with Crippen LogP contribution in [-0.2, 0) is 6.54 Å². The van der Waals surface area contributed by atoms with Crippen LogP contribution in [0.25, 0.3) is 0 Å². The average molecular weight is 314 g/mol. The predicted octanol–water partition coefficient (Wildman–Crippen LogP) is 5.52. The fourth-order valence-corrected chi connectivity index (χ4v) is 5.32. The van der Waals surface area contributed by atoms with Crippen molar-refractivity contribution in [2.45, 2.75) is 67.0 Å². The van der Waals surface area contributed by atoms with E-state index in [2.05, 4.69) is 70.7 Å². The van der Waals surface area contributed by atoms with Crippen molar-refractivity contribution in [3.05, 3.63) is 35.4 Å². The number of rotatable bonds is 5. The second-order valence-corrected chi connectivity index (χ2v) is 9.33. The van der Waals surface area contributed by atoms with Crippen LogP contribution in [0.5, 0.6) is 0 Å². The number of benzene rings is 1. The van der Waals surface area contributed by atoms with Crippen molar-refractivity contribution >= 4 is 0 Å². The Morgan fingerprint density at radius 2 is 1.78 bits per heavy atom. The second kappa shape index (κ2) is 6.24. The Labute approximate surface area is 143 Å². The smallest absolute Gasteiger partial charge is 0.0236 e. The summed E-state index contributed by atoms with van der Waals surface area (Å²) in [6, 6.07) is 9.93. The van der Waals surface area contributed by atoms with E-state index in [-0.39, 0.29) is 0 Å². The van der Waals surface area contributed by atoms with E-state index in [1.807, 2.05) is 0 Å². The van der Waals surface area contributed by atoms with Crippen molar-refractivity contribution in [3.63, 3.8) is 0 Å². The van der Waals surface area contributed by atoms with E-state index in [0.717, 1.165) is 36.3 Å². The van der Waals surface area contributed by atoms with E-state index in [9.17, 15) is 0 Å². The molecule has 1 aromatic carbocycles. The minimum Gasteiger partial charge on any atom is -0.296 e. The lowest BCUT2D eigenvalue weighted by atomic mass is 9.44. The van der Waals surface area contributed by atoms with Crippen molar-refractivity contribution < 1.29 is 0 Å². The van der Waals surface area contributed by atoms with Crippen LogP contribution in [0.3, 0.4) is 0 Å². The minimum absolute atomic E-state index is 0.587. The molecular formula is C22H35N. The molecule has 23 heavy (non-hydrogen) atoms. The third-order valence-electron chi connectivity index (χ3n) is 6.89. The Balaban J connectivity index is 1.75. The van der Waals surface area contributed by atoms with E-state index in [0.29, 0.717) is 5.41 Å². The van der Waals surface area contributed by atoms with Gasteiger partial charge in [-0.3, -0.25) is 4.90 Å². The van der Waals surface area contributed by atoms with Gasteiger partial charge in [0.25, 0.3) is 0 Å². The highest BCUT2D eigenvalue weighted by atomic mass is 15.2. The van der Waals surface area contributed by atoms with Crippen molar-refractivity contribution in [3.8, 4) is 0 Å². The molecule has 4 rings (SSSR count). The molecule has 3 aliphatic carbocycles. The summed E-state index contributed by atoms with van der Waals surface area (Å²) in [6.45, 7) is 16.8. The molecule has 0 heterocycles. The second-order valence-electron chi connectivity index (χ2n) is 9.33. The molecule has 1 aromatic rings. The predicted molar refractivity (Wildman–Crippen MR) is 99.4 cm³/mol. The maximum atomic E-state index is 2.80. The van der Waals surface area contributed by atoms with Crippen molar-refractivity contribution in [2.24, 2.45) is 29.1 Å². The molecule has 0 spiro atoms. The Kier molecular flexibility index (Phi) is 4.62. The van der Waals surface area contributed by atoms with Gasteiger partial charge >= 0.3 is 0 Å². The highest BCUT2D eigenvalue weighted by Gasteiger charge is 2.57. The van der Waals surface area contributed by atoms with Crippen LogP contribution in [0.15, 0.2) is 24.3 Å². The van der Waals surface area contributed by atoms with Crippen LogP contribution in [-0.4, -0.2) is 17.5 Å². The van der Waals surface area contributed by atoms with Gasteiger partial charge in [0.1, 0.15) is 0 Å². The summed E-state index contributed by atoms with van der Waals surface area (Å²) in [6.07, 6.45) is 2.88. The highest BCUT2D eigenvalue weighted by molar-refractivity contribution is 5.21. The number of hydrogen-bond acceptors (Lipinski definition) is 1. The first-order valence-corrected chi connectivity index (χ1v) is 9.58. The van der Waals surface area contributed by atoms with Gasteiger partial charge in [0, 0.05) is 19.1 Å². The fourth-order valence-electron chi connectivity index (χ4n) is 5.32. The van der Waals surface area contributed by atoms with Crippen LogP contribution >= 0.6 is 0 Å². The average Bonchev–Trinajstić information content (AvgIpc) is 2.48. The molecule has 3 fully saturated rings. The van der Waals surface area contributed by atoms with Crippen LogP contribution in [0.2, 0.25) is 0 Å². The number of fused-ring (bicyclic) bond motifs is 2. The molecule has 0 aliphatic heterocycles. The Morgan fingerprint density at radius 3 is 2.30 bits per heavy atom. The largest absolute Gasteiger partial charge is 0.296 e. The summed E-state index contributed by atoms with van der Waals surface area (Å²) in [5.41, 5.74) is 3.42. The van der Waals surface area contributed by atoms with E-state index in [4.69, 9.17) is 0 Å². The van der Waals surface area contributed by atoms with Crippen LogP contribution in [0.1, 0.15) is 58.6 Å². The number of nitrogens with zero attached hydrogens (tertiary/aromatic N) is 1. The summed E-state index contributed by atoms with van der Waals surface area (Å²) < 4.78 is 0. The zero-order chi connectivity index (χ0) is 16.8. The number of hydrogen-bond donors (Lipinski definition) is 0. The third-order valence-corrected chi connectivity index (χ3v) is 6.89. The van der Waals surface area contributed by atoms with Crippen molar-refractivity contribution in [2.75, 3.05) is 6.54 Å². The monoisotopic (exact) mass is 313 g/mol. The normalized spacial score (nSPS) is 32.2. The topological polar surface area (TPSA) is 3.24 Å². The molecule has 3 aliphatic rings. The molecule has 1 heteroatoms. The first kappa shape index (κ1) is 17.0. The fraction of sp³-hybridized carbons (Fsp3) is 0.727. The molecule has 128 valence electrons. The van der Waals surface area contributed by atoms with Gasteiger partial charge in [0.15, 0.2) is 0 Å². The lowest BCUT2D eigenvalue weighted by Gasteiger charge is -2.63. The van der Waals surface area contributed by atoms with Gasteiger partial charge in [0.05, 0.1) is 0 Å². The number of aryl methyl sites for hydroxylation is 1.